The average molecular weight is 252 g/mol. The van der Waals surface area contributed by atoms with Crippen LogP contribution in [0.15, 0.2) is 0 Å². The Balaban J connectivity index is 1.87. The van der Waals surface area contributed by atoms with Gasteiger partial charge in [0.15, 0.2) is 0 Å². The van der Waals surface area contributed by atoms with Crippen molar-refractivity contribution in [3.8, 4) is 0 Å². The van der Waals surface area contributed by atoms with Crippen molar-refractivity contribution < 1.29 is 4.79 Å². The van der Waals surface area contributed by atoms with Crippen LogP contribution in [-0.2, 0) is 4.79 Å². The van der Waals surface area contributed by atoms with Crippen LogP contribution in [0, 0.1) is 11.8 Å². The van der Waals surface area contributed by atoms with Crippen molar-refractivity contribution in [1.29, 1.82) is 0 Å². The molecule has 0 aromatic carbocycles. The SMILES string of the molecule is CCCN(CC1CCNCC1)C(=O)C1CCCC1. The van der Waals surface area contributed by atoms with Gasteiger partial charge in [-0.3, -0.25) is 4.79 Å². The molecule has 1 N–H and O–H groups in total. The van der Waals surface area contributed by atoms with Crippen molar-refractivity contribution in [2.24, 2.45) is 11.8 Å². The molecule has 1 heterocycles. The summed E-state index contributed by atoms with van der Waals surface area (Å²) in [6, 6.07) is 0. The lowest BCUT2D eigenvalue weighted by Gasteiger charge is -2.31. The smallest absolute Gasteiger partial charge is 0.225 e. The van der Waals surface area contributed by atoms with Crippen molar-refractivity contribution in [1.82, 2.24) is 10.2 Å². The minimum atomic E-state index is 0.346. The summed E-state index contributed by atoms with van der Waals surface area (Å²) in [6.45, 7) is 6.39. The average Bonchev–Trinajstić information content (AvgIpc) is 2.92. The third-order valence-electron chi connectivity index (χ3n) is 4.45. The molecule has 0 aromatic rings. The molecule has 0 spiro atoms. The number of hydrogen-bond acceptors (Lipinski definition) is 2. The lowest BCUT2D eigenvalue weighted by molar-refractivity contribution is -0.136. The molecule has 0 radical (unpaired) electrons. The molecule has 18 heavy (non-hydrogen) atoms. The fourth-order valence-corrected chi connectivity index (χ4v) is 3.37. The third-order valence-corrected chi connectivity index (χ3v) is 4.45. The van der Waals surface area contributed by atoms with Crippen LogP contribution in [0.25, 0.3) is 0 Å². The molecule has 3 heteroatoms. The molecule has 0 atom stereocenters. The Kier molecular flexibility index (Phi) is 5.48. The topological polar surface area (TPSA) is 32.3 Å². The van der Waals surface area contributed by atoms with E-state index in [1.807, 2.05) is 0 Å². The van der Waals surface area contributed by atoms with Gasteiger partial charge in [0.05, 0.1) is 0 Å². The summed E-state index contributed by atoms with van der Waals surface area (Å²) in [5.41, 5.74) is 0. The van der Waals surface area contributed by atoms with Gasteiger partial charge in [0.2, 0.25) is 5.91 Å². The summed E-state index contributed by atoms with van der Waals surface area (Å²) in [6.07, 6.45) is 8.32. The lowest BCUT2D eigenvalue weighted by Crippen LogP contribution is -2.42. The van der Waals surface area contributed by atoms with Gasteiger partial charge >= 0.3 is 0 Å². The van der Waals surface area contributed by atoms with E-state index in [1.54, 1.807) is 0 Å². The van der Waals surface area contributed by atoms with Crippen LogP contribution < -0.4 is 5.32 Å². The van der Waals surface area contributed by atoms with E-state index in [-0.39, 0.29) is 0 Å². The fourth-order valence-electron chi connectivity index (χ4n) is 3.37. The summed E-state index contributed by atoms with van der Waals surface area (Å²) < 4.78 is 0. The van der Waals surface area contributed by atoms with E-state index in [0.29, 0.717) is 11.8 Å². The number of carbonyl (C=O) groups is 1. The Bertz CT molecular complexity index is 255. The predicted molar refractivity (Wildman–Crippen MR) is 74.4 cm³/mol. The third kappa shape index (κ3) is 3.71. The van der Waals surface area contributed by atoms with Crippen LogP contribution >= 0.6 is 0 Å². The summed E-state index contributed by atoms with van der Waals surface area (Å²) in [4.78, 5) is 14.7. The van der Waals surface area contributed by atoms with Gasteiger partial charge in [-0.2, -0.15) is 0 Å². The second-order valence-corrected chi connectivity index (χ2v) is 5.96. The first-order chi connectivity index (χ1) is 8.81. The number of piperidine rings is 1. The molecule has 1 aliphatic carbocycles. The van der Waals surface area contributed by atoms with Crippen molar-refractivity contribution in [3.63, 3.8) is 0 Å². The van der Waals surface area contributed by atoms with Crippen molar-refractivity contribution >= 4 is 5.91 Å². The van der Waals surface area contributed by atoms with Gasteiger partial charge in [0.1, 0.15) is 0 Å². The highest BCUT2D eigenvalue weighted by Gasteiger charge is 2.28. The molecule has 1 saturated heterocycles. The van der Waals surface area contributed by atoms with Crippen LogP contribution in [0.2, 0.25) is 0 Å². The molecule has 2 rings (SSSR count). The van der Waals surface area contributed by atoms with Gasteiger partial charge in [-0.15, -0.1) is 0 Å². The maximum Gasteiger partial charge on any atom is 0.225 e. The molecule has 0 aromatic heterocycles. The monoisotopic (exact) mass is 252 g/mol. The zero-order chi connectivity index (χ0) is 12.8. The Labute approximate surface area is 111 Å². The van der Waals surface area contributed by atoms with Crippen LogP contribution in [0.5, 0.6) is 0 Å². The molecule has 2 aliphatic rings. The van der Waals surface area contributed by atoms with E-state index in [2.05, 4.69) is 17.1 Å². The largest absolute Gasteiger partial charge is 0.342 e. The van der Waals surface area contributed by atoms with Crippen LogP contribution in [0.4, 0.5) is 0 Å². The zero-order valence-electron chi connectivity index (χ0n) is 11.8. The van der Waals surface area contributed by atoms with Crippen LogP contribution in [0.3, 0.4) is 0 Å². The normalized spacial score (nSPS) is 22.3. The van der Waals surface area contributed by atoms with Gasteiger partial charge in [0, 0.05) is 19.0 Å². The van der Waals surface area contributed by atoms with Crippen molar-refractivity contribution in [3.05, 3.63) is 0 Å². The van der Waals surface area contributed by atoms with E-state index in [4.69, 9.17) is 0 Å². The highest BCUT2D eigenvalue weighted by molar-refractivity contribution is 5.79. The quantitative estimate of drug-likeness (QED) is 0.815. The second kappa shape index (κ2) is 7.13. The zero-order valence-corrected chi connectivity index (χ0v) is 11.8. The van der Waals surface area contributed by atoms with Gasteiger partial charge in [-0.1, -0.05) is 19.8 Å². The Hall–Kier alpha value is -0.570. The summed E-state index contributed by atoms with van der Waals surface area (Å²) >= 11 is 0. The molecule has 3 nitrogen and oxygen atoms in total. The first kappa shape index (κ1) is 13.9. The van der Waals surface area contributed by atoms with E-state index < -0.39 is 0 Å². The number of nitrogens with one attached hydrogen (secondary N) is 1. The molecule has 0 bridgehead atoms. The van der Waals surface area contributed by atoms with Gasteiger partial charge in [0.25, 0.3) is 0 Å². The molecular weight excluding hydrogens is 224 g/mol. The van der Waals surface area contributed by atoms with E-state index in [9.17, 15) is 4.79 Å². The lowest BCUT2D eigenvalue weighted by atomic mass is 9.96. The summed E-state index contributed by atoms with van der Waals surface area (Å²) in [5.74, 6) is 1.52. The first-order valence-corrected chi connectivity index (χ1v) is 7.80. The standard InChI is InChI=1S/C15H28N2O/c1-2-11-17(12-13-7-9-16-10-8-13)15(18)14-5-3-4-6-14/h13-14,16H,2-12H2,1H3. The number of amides is 1. The maximum atomic E-state index is 12.5. The number of hydrogen-bond donors (Lipinski definition) is 1. The first-order valence-electron chi connectivity index (χ1n) is 7.80. The fraction of sp³-hybridized carbons (Fsp3) is 0.933. The van der Waals surface area contributed by atoms with Crippen LogP contribution in [0.1, 0.15) is 51.9 Å². The maximum absolute atomic E-state index is 12.5. The van der Waals surface area contributed by atoms with Crippen molar-refractivity contribution in [2.45, 2.75) is 51.9 Å². The highest BCUT2D eigenvalue weighted by atomic mass is 16.2. The molecular formula is C15H28N2O. The summed E-state index contributed by atoms with van der Waals surface area (Å²) in [5, 5.41) is 3.40. The molecule has 1 aliphatic heterocycles. The minimum Gasteiger partial charge on any atom is -0.342 e. The predicted octanol–water partition coefficient (Wildman–Crippen LogP) is 2.41. The number of nitrogens with zero attached hydrogens (tertiary/aromatic N) is 1. The van der Waals surface area contributed by atoms with E-state index >= 15 is 0 Å². The molecule has 1 saturated carbocycles. The number of carbonyl (C=O) groups excluding carboxylic acids is 1. The molecule has 1 amide bonds. The summed E-state index contributed by atoms with van der Waals surface area (Å²) in [7, 11) is 0. The Morgan fingerprint density at radius 1 is 1.17 bits per heavy atom. The number of rotatable bonds is 5. The van der Waals surface area contributed by atoms with Crippen LogP contribution in [-0.4, -0.2) is 37.0 Å². The van der Waals surface area contributed by atoms with E-state index in [1.165, 1.54) is 25.7 Å². The Morgan fingerprint density at radius 3 is 2.44 bits per heavy atom. The van der Waals surface area contributed by atoms with Crippen molar-refractivity contribution in [2.75, 3.05) is 26.2 Å². The van der Waals surface area contributed by atoms with Gasteiger partial charge < -0.3 is 10.2 Å². The Morgan fingerprint density at radius 2 is 1.83 bits per heavy atom. The molecule has 0 unspecified atom stereocenters. The highest BCUT2D eigenvalue weighted by Crippen LogP contribution is 2.27. The molecule has 2 fully saturated rings. The second-order valence-electron chi connectivity index (χ2n) is 5.96. The molecule has 104 valence electrons. The minimum absolute atomic E-state index is 0.346. The van der Waals surface area contributed by atoms with E-state index in [0.717, 1.165) is 51.4 Å². The van der Waals surface area contributed by atoms with Gasteiger partial charge in [-0.25, -0.2) is 0 Å². The van der Waals surface area contributed by atoms with Gasteiger partial charge in [-0.05, 0) is 51.1 Å².